The van der Waals surface area contributed by atoms with Crippen molar-refractivity contribution in [2.75, 3.05) is 26.3 Å². The molecule has 0 aliphatic carbocycles. The van der Waals surface area contributed by atoms with Crippen molar-refractivity contribution in [3.63, 3.8) is 0 Å². The number of nitrogens with zero attached hydrogens (tertiary/aromatic N) is 2. The zero-order chi connectivity index (χ0) is 16.9. The Hall–Kier alpha value is -1.83. The number of hydrogen-bond donors (Lipinski definition) is 1. The van der Waals surface area contributed by atoms with Crippen molar-refractivity contribution in [1.82, 2.24) is 15.2 Å². The third-order valence-electron chi connectivity index (χ3n) is 4.00. The Labute approximate surface area is 144 Å². The highest BCUT2D eigenvalue weighted by Crippen LogP contribution is 2.25. The number of nitrogens with one attached hydrogen (secondary N) is 1. The van der Waals surface area contributed by atoms with Crippen molar-refractivity contribution >= 4 is 17.2 Å². The van der Waals surface area contributed by atoms with E-state index in [1.165, 1.54) is 23.5 Å². The second kappa shape index (κ2) is 7.83. The number of amides is 1. The van der Waals surface area contributed by atoms with Gasteiger partial charge in [-0.3, -0.25) is 9.69 Å². The molecule has 0 unspecified atom stereocenters. The van der Waals surface area contributed by atoms with Crippen LogP contribution in [0.4, 0.5) is 4.39 Å². The number of ether oxygens (including phenoxy) is 1. The van der Waals surface area contributed by atoms with Gasteiger partial charge in [0, 0.05) is 24.7 Å². The van der Waals surface area contributed by atoms with Crippen molar-refractivity contribution in [2.45, 2.75) is 19.0 Å². The number of morpholine rings is 1. The van der Waals surface area contributed by atoms with Crippen molar-refractivity contribution in [1.29, 1.82) is 0 Å². The Morgan fingerprint density at radius 3 is 2.88 bits per heavy atom. The van der Waals surface area contributed by atoms with E-state index in [9.17, 15) is 9.18 Å². The SMILES string of the molecule is C[C@@H](NC(=O)[C@H](c1cccc(F)c1)N1CCOCC1)c1nccs1. The van der Waals surface area contributed by atoms with Crippen LogP contribution < -0.4 is 5.32 Å². The van der Waals surface area contributed by atoms with E-state index in [1.807, 2.05) is 17.2 Å². The lowest BCUT2D eigenvalue weighted by Gasteiger charge is -2.34. The smallest absolute Gasteiger partial charge is 0.242 e. The topological polar surface area (TPSA) is 54.5 Å². The second-order valence-electron chi connectivity index (χ2n) is 5.71. The van der Waals surface area contributed by atoms with Crippen LogP contribution in [0.25, 0.3) is 0 Å². The van der Waals surface area contributed by atoms with Gasteiger partial charge in [0.15, 0.2) is 0 Å². The molecule has 2 aromatic rings. The van der Waals surface area contributed by atoms with E-state index in [0.717, 1.165) is 5.01 Å². The Balaban J connectivity index is 1.81. The molecule has 1 N–H and O–H groups in total. The number of carbonyl (C=O) groups is 1. The lowest BCUT2D eigenvalue weighted by atomic mass is 10.0. The largest absolute Gasteiger partial charge is 0.379 e. The quantitative estimate of drug-likeness (QED) is 0.901. The Bertz CT molecular complexity index is 674. The van der Waals surface area contributed by atoms with E-state index < -0.39 is 6.04 Å². The van der Waals surface area contributed by atoms with E-state index in [-0.39, 0.29) is 17.8 Å². The van der Waals surface area contributed by atoms with Gasteiger partial charge in [0.1, 0.15) is 16.9 Å². The molecule has 128 valence electrons. The van der Waals surface area contributed by atoms with Crippen molar-refractivity contribution < 1.29 is 13.9 Å². The van der Waals surface area contributed by atoms with Crippen LogP contribution in [0, 0.1) is 5.82 Å². The minimum atomic E-state index is -0.535. The van der Waals surface area contributed by atoms with Crippen LogP contribution in [0.5, 0.6) is 0 Å². The van der Waals surface area contributed by atoms with E-state index in [0.29, 0.717) is 31.9 Å². The predicted molar refractivity (Wildman–Crippen MR) is 90.2 cm³/mol. The maximum absolute atomic E-state index is 13.7. The molecule has 1 amide bonds. The average molecular weight is 349 g/mol. The zero-order valence-electron chi connectivity index (χ0n) is 13.4. The molecule has 2 atom stereocenters. The first-order valence-corrected chi connectivity index (χ1v) is 8.80. The molecule has 1 aliphatic heterocycles. The molecule has 0 bridgehead atoms. The molecule has 5 nitrogen and oxygen atoms in total. The lowest BCUT2D eigenvalue weighted by molar-refractivity contribution is -0.129. The molecule has 0 saturated carbocycles. The van der Waals surface area contributed by atoms with Gasteiger partial charge in [0.25, 0.3) is 0 Å². The number of halogens is 1. The molecule has 1 aliphatic rings. The monoisotopic (exact) mass is 349 g/mol. The summed E-state index contributed by atoms with van der Waals surface area (Å²) in [6.45, 7) is 4.32. The molecule has 1 aromatic carbocycles. The first kappa shape index (κ1) is 17.0. The van der Waals surface area contributed by atoms with Gasteiger partial charge in [-0.05, 0) is 24.6 Å². The van der Waals surface area contributed by atoms with Gasteiger partial charge >= 0.3 is 0 Å². The normalized spacial score (nSPS) is 18.1. The lowest BCUT2D eigenvalue weighted by Crippen LogP contribution is -2.46. The minimum absolute atomic E-state index is 0.148. The first-order chi connectivity index (χ1) is 11.6. The predicted octanol–water partition coefficient (Wildman–Crippen LogP) is 2.53. The molecular formula is C17H20FN3O2S. The van der Waals surface area contributed by atoms with Crippen LogP contribution in [0.2, 0.25) is 0 Å². The summed E-state index contributed by atoms with van der Waals surface area (Å²) in [5.41, 5.74) is 0.653. The summed E-state index contributed by atoms with van der Waals surface area (Å²) < 4.78 is 19.0. The third kappa shape index (κ3) is 3.98. The van der Waals surface area contributed by atoms with Crippen molar-refractivity contribution in [3.05, 3.63) is 52.2 Å². The molecule has 24 heavy (non-hydrogen) atoms. The number of rotatable bonds is 5. The summed E-state index contributed by atoms with van der Waals surface area (Å²) in [6, 6.07) is 5.51. The molecular weight excluding hydrogens is 329 g/mol. The van der Waals surface area contributed by atoms with E-state index in [1.54, 1.807) is 18.3 Å². The summed E-state index contributed by atoms with van der Waals surface area (Å²) >= 11 is 1.50. The van der Waals surface area contributed by atoms with Crippen LogP contribution in [0.3, 0.4) is 0 Å². The van der Waals surface area contributed by atoms with E-state index >= 15 is 0 Å². The summed E-state index contributed by atoms with van der Waals surface area (Å²) in [7, 11) is 0. The number of aromatic nitrogens is 1. The fourth-order valence-electron chi connectivity index (χ4n) is 2.84. The Morgan fingerprint density at radius 2 is 2.21 bits per heavy atom. The highest BCUT2D eigenvalue weighted by atomic mass is 32.1. The highest BCUT2D eigenvalue weighted by molar-refractivity contribution is 7.09. The maximum atomic E-state index is 13.7. The number of hydrogen-bond acceptors (Lipinski definition) is 5. The number of benzene rings is 1. The molecule has 1 fully saturated rings. The van der Waals surface area contributed by atoms with Gasteiger partial charge in [-0.15, -0.1) is 11.3 Å². The maximum Gasteiger partial charge on any atom is 0.242 e. The number of thiazole rings is 1. The summed E-state index contributed by atoms with van der Waals surface area (Å²) in [6.07, 6.45) is 1.72. The zero-order valence-corrected chi connectivity index (χ0v) is 14.3. The van der Waals surface area contributed by atoms with Crippen LogP contribution in [-0.2, 0) is 9.53 Å². The van der Waals surface area contributed by atoms with Gasteiger partial charge in [0.05, 0.1) is 19.3 Å². The molecule has 2 heterocycles. The summed E-state index contributed by atoms with van der Waals surface area (Å²) in [5, 5.41) is 5.73. The van der Waals surface area contributed by atoms with Crippen molar-refractivity contribution in [3.8, 4) is 0 Å². The standard InChI is InChI=1S/C17H20FN3O2S/c1-12(17-19-5-10-24-17)20-16(22)15(21-6-8-23-9-7-21)13-3-2-4-14(18)11-13/h2-5,10-12,15H,6-9H2,1H3,(H,20,22)/t12-,15+/m1/s1. The van der Waals surface area contributed by atoms with Gasteiger partial charge in [0.2, 0.25) is 5.91 Å². The van der Waals surface area contributed by atoms with Crippen LogP contribution in [-0.4, -0.2) is 42.1 Å². The average Bonchev–Trinajstić information content (AvgIpc) is 3.11. The highest BCUT2D eigenvalue weighted by Gasteiger charge is 2.30. The summed E-state index contributed by atoms with van der Waals surface area (Å²) in [4.78, 5) is 19.2. The van der Waals surface area contributed by atoms with Crippen LogP contribution in [0.1, 0.15) is 29.6 Å². The van der Waals surface area contributed by atoms with E-state index in [4.69, 9.17) is 4.74 Å². The third-order valence-corrected chi connectivity index (χ3v) is 4.96. The van der Waals surface area contributed by atoms with Gasteiger partial charge in [-0.25, -0.2) is 9.37 Å². The van der Waals surface area contributed by atoms with Crippen molar-refractivity contribution in [2.24, 2.45) is 0 Å². The first-order valence-electron chi connectivity index (χ1n) is 7.92. The van der Waals surface area contributed by atoms with Gasteiger partial charge < -0.3 is 10.1 Å². The number of carbonyl (C=O) groups excluding carboxylic acids is 1. The molecule has 0 spiro atoms. The molecule has 7 heteroatoms. The van der Waals surface area contributed by atoms with Crippen LogP contribution in [0.15, 0.2) is 35.8 Å². The minimum Gasteiger partial charge on any atom is -0.379 e. The Morgan fingerprint density at radius 1 is 1.42 bits per heavy atom. The second-order valence-corrected chi connectivity index (χ2v) is 6.63. The fourth-order valence-corrected chi connectivity index (χ4v) is 3.49. The molecule has 0 radical (unpaired) electrons. The van der Waals surface area contributed by atoms with E-state index in [2.05, 4.69) is 10.3 Å². The van der Waals surface area contributed by atoms with Gasteiger partial charge in [-0.2, -0.15) is 0 Å². The van der Waals surface area contributed by atoms with Crippen LogP contribution >= 0.6 is 11.3 Å². The molecule has 1 saturated heterocycles. The molecule has 3 rings (SSSR count). The fraction of sp³-hybridized carbons (Fsp3) is 0.412. The Kier molecular flexibility index (Phi) is 5.55. The molecule has 1 aromatic heterocycles. The van der Waals surface area contributed by atoms with Gasteiger partial charge in [-0.1, -0.05) is 12.1 Å². The summed E-state index contributed by atoms with van der Waals surface area (Å²) in [5.74, 6) is -0.489.